The molecular weight excluding hydrogens is 252 g/mol. The summed E-state index contributed by atoms with van der Waals surface area (Å²) in [6, 6.07) is 8.74. The summed E-state index contributed by atoms with van der Waals surface area (Å²) in [5.41, 5.74) is 0.976. The van der Waals surface area contributed by atoms with Crippen LogP contribution in [0.4, 0.5) is 0 Å². The fourth-order valence-electron chi connectivity index (χ4n) is 1.61. The number of aliphatic hydroxyl groups excluding tert-OH is 1. The van der Waals surface area contributed by atoms with E-state index in [0.717, 1.165) is 5.56 Å². The molecular formula is C12H20N2O3S. The van der Waals surface area contributed by atoms with Crippen molar-refractivity contribution in [3.63, 3.8) is 0 Å². The zero-order valence-corrected chi connectivity index (χ0v) is 11.4. The van der Waals surface area contributed by atoms with E-state index in [1.54, 1.807) is 13.8 Å². The highest BCUT2D eigenvalue weighted by atomic mass is 32.2. The third-order valence-electron chi connectivity index (χ3n) is 2.26. The van der Waals surface area contributed by atoms with Crippen molar-refractivity contribution in [1.82, 2.24) is 9.44 Å². The lowest BCUT2D eigenvalue weighted by Crippen LogP contribution is -2.47. The Bertz CT molecular complexity index is 446. The average molecular weight is 272 g/mol. The molecule has 0 aliphatic heterocycles. The largest absolute Gasteiger partial charge is 0.395 e. The number of rotatable bonds is 7. The van der Waals surface area contributed by atoms with E-state index in [9.17, 15) is 13.5 Å². The minimum atomic E-state index is -3.57. The Morgan fingerprint density at radius 1 is 1.17 bits per heavy atom. The van der Waals surface area contributed by atoms with Gasteiger partial charge < -0.3 is 5.11 Å². The van der Waals surface area contributed by atoms with Crippen LogP contribution in [-0.2, 0) is 16.6 Å². The molecule has 5 nitrogen and oxygen atoms in total. The summed E-state index contributed by atoms with van der Waals surface area (Å²) in [6.07, 6.45) is 0.455. The number of hydrogen-bond acceptors (Lipinski definition) is 3. The fraction of sp³-hybridized carbons (Fsp3) is 0.500. The van der Waals surface area contributed by atoms with E-state index >= 15 is 0 Å². The smallest absolute Gasteiger partial charge is 0.277 e. The SMILES string of the molecule is CC(C)NS(=O)(=O)N[C@H](CO)Cc1ccccc1. The molecule has 1 aromatic rings. The van der Waals surface area contributed by atoms with Crippen LogP contribution in [0.3, 0.4) is 0 Å². The van der Waals surface area contributed by atoms with E-state index < -0.39 is 16.3 Å². The van der Waals surface area contributed by atoms with Crippen molar-refractivity contribution < 1.29 is 13.5 Å². The second-order valence-electron chi connectivity index (χ2n) is 4.46. The highest BCUT2D eigenvalue weighted by Crippen LogP contribution is 2.03. The Morgan fingerprint density at radius 3 is 2.28 bits per heavy atom. The van der Waals surface area contributed by atoms with Gasteiger partial charge in [0.25, 0.3) is 10.2 Å². The van der Waals surface area contributed by atoms with E-state index in [-0.39, 0.29) is 12.6 Å². The lowest BCUT2D eigenvalue weighted by atomic mass is 10.1. The van der Waals surface area contributed by atoms with Crippen molar-refractivity contribution in [2.75, 3.05) is 6.61 Å². The number of benzene rings is 1. The summed E-state index contributed by atoms with van der Waals surface area (Å²) >= 11 is 0. The molecule has 0 fully saturated rings. The zero-order valence-electron chi connectivity index (χ0n) is 10.6. The van der Waals surface area contributed by atoms with Crippen LogP contribution < -0.4 is 9.44 Å². The third-order valence-corrected chi connectivity index (χ3v) is 3.68. The van der Waals surface area contributed by atoms with Crippen molar-refractivity contribution in [2.24, 2.45) is 0 Å². The topological polar surface area (TPSA) is 78.4 Å². The van der Waals surface area contributed by atoms with E-state index in [0.29, 0.717) is 6.42 Å². The summed E-state index contributed by atoms with van der Waals surface area (Å²) < 4.78 is 28.2. The monoisotopic (exact) mass is 272 g/mol. The quantitative estimate of drug-likeness (QED) is 0.673. The molecule has 0 aromatic heterocycles. The highest BCUT2D eigenvalue weighted by molar-refractivity contribution is 7.87. The maximum atomic E-state index is 11.7. The molecule has 0 amide bonds. The number of nitrogens with one attached hydrogen (secondary N) is 2. The average Bonchev–Trinajstić information content (AvgIpc) is 2.27. The Morgan fingerprint density at radius 2 is 1.78 bits per heavy atom. The van der Waals surface area contributed by atoms with Gasteiger partial charge in [-0.1, -0.05) is 30.3 Å². The Balaban J connectivity index is 2.63. The molecule has 6 heteroatoms. The van der Waals surface area contributed by atoms with Crippen LogP contribution in [0.25, 0.3) is 0 Å². The first-order valence-electron chi connectivity index (χ1n) is 5.87. The van der Waals surface area contributed by atoms with E-state index in [2.05, 4.69) is 9.44 Å². The van der Waals surface area contributed by atoms with Crippen LogP contribution >= 0.6 is 0 Å². The van der Waals surface area contributed by atoms with Gasteiger partial charge in [0, 0.05) is 6.04 Å². The van der Waals surface area contributed by atoms with Gasteiger partial charge in [0.1, 0.15) is 0 Å². The normalized spacial score (nSPS) is 13.8. The van der Waals surface area contributed by atoms with Crippen molar-refractivity contribution in [1.29, 1.82) is 0 Å². The van der Waals surface area contributed by atoms with Gasteiger partial charge in [-0.05, 0) is 25.8 Å². The molecule has 0 bridgehead atoms. The van der Waals surface area contributed by atoms with Crippen LogP contribution in [0.15, 0.2) is 30.3 Å². The first-order valence-corrected chi connectivity index (χ1v) is 7.35. The van der Waals surface area contributed by atoms with Crippen molar-refractivity contribution in [3.8, 4) is 0 Å². The minimum absolute atomic E-state index is 0.182. The molecule has 1 atom stereocenters. The van der Waals surface area contributed by atoms with Gasteiger partial charge in [0.15, 0.2) is 0 Å². The molecule has 0 aliphatic carbocycles. The molecule has 0 heterocycles. The maximum absolute atomic E-state index is 11.7. The van der Waals surface area contributed by atoms with Crippen molar-refractivity contribution in [3.05, 3.63) is 35.9 Å². The lowest BCUT2D eigenvalue weighted by molar-refractivity contribution is 0.255. The van der Waals surface area contributed by atoms with Gasteiger partial charge in [-0.25, -0.2) is 0 Å². The van der Waals surface area contributed by atoms with Crippen LogP contribution in [0.5, 0.6) is 0 Å². The van der Waals surface area contributed by atoms with E-state index in [1.165, 1.54) is 0 Å². The number of aliphatic hydroxyl groups is 1. The standard InChI is InChI=1S/C12H20N2O3S/c1-10(2)13-18(16,17)14-12(9-15)8-11-6-4-3-5-7-11/h3-7,10,12-15H,8-9H2,1-2H3/t12-/m0/s1. The molecule has 0 saturated carbocycles. The van der Waals surface area contributed by atoms with Crippen LogP contribution in [-0.4, -0.2) is 32.2 Å². The first-order chi connectivity index (χ1) is 8.43. The van der Waals surface area contributed by atoms with E-state index in [4.69, 9.17) is 0 Å². The van der Waals surface area contributed by atoms with Crippen LogP contribution in [0, 0.1) is 0 Å². The molecule has 0 spiro atoms. The van der Waals surface area contributed by atoms with Gasteiger partial charge >= 0.3 is 0 Å². The Hall–Kier alpha value is -0.950. The van der Waals surface area contributed by atoms with E-state index in [1.807, 2.05) is 30.3 Å². The summed E-state index contributed by atoms with van der Waals surface area (Å²) in [5, 5.41) is 9.23. The second kappa shape index (κ2) is 6.84. The minimum Gasteiger partial charge on any atom is -0.395 e. The molecule has 0 radical (unpaired) electrons. The summed E-state index contributed by atoms with van der Waals surface area (Å²) in [4.78, 5) is 0. The predicted octanol–water partition coefficient (Wildman–Crippen LogP) is 0.422. The molecule has 0 saturated heterocycles. The summed E-state index contributed by atoms with van der Waals surface area (Å²) in [7, 11) is -3.57. The summed E-state index contributed by atoms with van der Waals surface area (Å²) in [5.74, 6) is 0. The Kier molecular flexibility index (Phi) is 5.74. The number of hydrogen-bond donors (Lipinski definition) is 3. The summed E-state index contributed by atoms with van der Waals surface area (Å²) in [6.45, 7) is 3.24. The lowest BCUT2D eigenvalue weighted by Gasteiger charge is -2.18. The van der Waals surface area contributed by atoms with Crippen molar-refractivity contribution >= 4 is 10.2 Å². The maximum Gasteiger partial charge on any atom is 0.277 e. The van der Waals surface area contributed by atoms with Gasteiger partial charge in [-0.3, -0.25) is 0 Å². The first kappa shape index (κ1) is 15.1. The van der Waals surface area contributed by atoms with Gasteiger partial charge in [0.2, 0.25) is 0 Å². The van der Waals surface area contributed by atoms with Crippen LogP contribution in [0.2, 0.25) is 0 Å². The van der Waals surface area contributed by atoms with Gasteiger partial charge in [-0.15, -0.1) is 0 Å². The fourth-order valence-corrected chi connectivity index (χ4v) is 2.89. The molecule has 18 heavy (non-hydrogen) atoms. The second-order valence-corrected chi connectivity index (χ2v) is 5.94. The molecule has 3 N–H and O–H groups in total. The predicted molar refractivity (Wildman–Crippen MR) is 71.3 cm³/mol. The molecule has 1 aromatic carbocycles. The van der Waals surface area contributed by atoms with Crippen LogP contribution in [0.1, 0.15) is 19.4 Å². The zero-order chi connectivity index (χ0) is 13.6. The molecule has 1 rings (SSSR count). The highest BCUT2D eigenvalue weighted by Gasteiger charge is 2.18. The molecule has 102 valence electrons. The molecule has 0 aliphatic rings. The van der Waals surface area contributed by atoms with Crippen molar-refractivity contribution in [2.45, 2.75) is 32.4 Å². The third kappa shape index (κ3) is 5.59. The van der Waals surface area contributed by atoms with Gasteiger partial charge in [-0.2, -0.15) is 17.9 Å². The van der Waals surface area contributed by atoms with Gasteiger partial charge in [0.05, 0.1) is 12.6 Å². The molecule has 0 unspecified atom stereocenters. The Labute approximate surface area is 108 Å².